The second kappa shape index (κ2) is 9.57. The van der Waals surface area contributed by atoms with E-state index in [1.165, 1.54) is 13.0 Å². The normalized spacial score (nSPS) is 47.5. The molecule has 0 spiro atoms. The molecule has 7 rings (SSSR count). The number of fused-ring (bicyclic) bond motifs is 3. The highest BCUT2D eigenvalue weighted by molar-refractivity contribution is 5.92. The van der Waals surface area contributed by atoms with Gasteiger partial charge >= 0.3 is 23.9 Å². The molecule has 0 amide bonds. The van der Waals surface area contributed by atoms with Crippen LogP contribution in [0.5, 0.6) is 0 Å². The molecule has 3 aliphatic heterocycles. The Balaban J connectivity index is 1.38. The number of carbonyl (C=O) groups excluding carboxylic acids is 4. The monoisotopic (exact) mass is 636 g/mol. The standard InChI is InChI=1S/C37H48O9/c1-10-19(2)30(40)44-24-17-36-18-37(36,14-11-22(36)21-15-23(43-31(21)41)29-33(6,7)46-29)35(9)26(42-20(3)38)16-25-32(4,5)45-27(39)12-13-34(25,8)28(24)35/h10,12-13,15,22-26,28-29H,11,14,16-18H2,1-9H3/b19-10+/t22-,23-,24+,25-,26+,28+,29-,34-,35+,36+,37+/m0/s1. The molecule has 3 heterocycles. The van der Waals surface area contributed by atoms with Crippen molar-refractivity contribution in [2.75, 3.05) is 0 Å². The molecule has 7 aliphatic rings. The minimum Gasteiger partial charge on any atom is -0.462 e. The molecular formula is C37H48O9. The summed E-state index contributed by atoms with van der Waals surface area (Å²) in [7, 11) is 0. The van der Waals surface area contributed by atoms with Gasteiger partial charge in [-0.2, -0.15) is 0 Å². The zero-order valence-electron chi connectivity index (χ0n) is 28.6. The van der Waals surface area contributed by atoms with E-state index in [2.05, 4.69) is 13.8 Å². The first kappa shape index (κ1) is 31.6. The van der Waals surface area contributed by atoms with Crippen molar-refractivity contribution in [2.24, 2.45) is 39.4 Å². The molecule has 0 unspecified atom stereocenters. The van der Waals surface area contributed by atoms with Gasteiger partial charge in [0.2, 0.25) is 0 Å². The average molecular weight is 637 g/mol. The van der Waals surface area contributed by atoms with Crippen LogP contribution in [0.15, 0.2) is 35.5 Å². The third-order valence-corrected chi connectivity index (χ3v) is 13.8. The number of carbonyl (C=O) groups is 4. The molecule has 0 aromatic heterocycles. The predicted molar refractivity (Wildman–Crippen MR) is 166 cm³/mol. The van der Waals surface area contributed by atoms with Gasteiger partial charge in [0.15, 0.2) is 6.10 Å². The summed E-state index contributed by atoms with van der Waals surface area (Å²) in [6, 6.07) is 0. The zero-order valence-corrected chi connectivity index (χ0v) is 28.6. The summed E-state index contributed by atoms with van der Waals surface area (Å²) in [4.78, 5) is 52.9. The molecule has 0 radical (unpaired) electrons. The Morgan fingerprint density at radius 3 is 2.35 bits per heavy atom. The summed E-state index contributed by atoms with van der Waals surface area (Å²) in [6.07, 6.45) is 9.09. The van der Waals surface area contributed by atoms with Crippen molar-refractivity contribution >= 4 is 23.9 Å². The number of hydrogen-bond acceptors (Lipinski definition) is 9. The van der Waals surface area contributed by atoms with Crippen LogP contribution in [-0.4, -0.2) is 59.5 Å². The van der Waals surface area contributed by atoms with Crippen LogP contribution in [-0.2, 0) is 42.9 Å². The van der Waals surface area contributed by atoms with E-state index < -0.39 is 40.7 Å². The third kappa shape index (κ3) is 4.02. The maximum Gasteiger partial charge on any atom is 0.334 e. The number of cyclic esters (lactones) is 2. The smallest absolute Gasteiger partial charge is 0.334 e. The largest absolute Gasteiger partial charge is 0.462 e. The lowest BCUT2D eigenvalue weighted by Crippen LogP contribution is -2.68. The summed E-state index contributed by atoms with van der Waals surface area (Å²) in [5.41, 5.74) is -1.88. The van der Waals surface area contributed by atoms with Gasteiger partial charge in [-0.3, -0.25) is 4.79 Å². The average Bonchev–Trinajstić information content (AvgIpc) is 3.71. The van der Waals surface area contributed by atoms with E-state index in [1.54, 1.807) is 13.0 Å². The van der Waals surface area contributed by atoms with Gasteiger partial charge in [-0.1, -0.05) is 26.0 Å². The Morgan fingerprint density at radius 2 is 1.72 bits per heavy atom. The first-order valence-corrected chi connectivity index (χ1v) is 16.9. The van der Waals surface area contributed by atoms with Gasteiger partial charge in [0, 0.05) is 41.4 Å². The zero-order chi connectivity index (χ0) is 33.4. The van der Waals surface area contributed by atoms with Crippen molar-refractivity contribution in [3.05, 3.63) is 35.5 Å². The Bertz CT molecular complexity index is 1520. The number of epoxide rings is 1. The Kier molecular flexibility index (Phi) is 6.59. The number of esters is 4. The third-order valence-electron chi connectivity index (χ3n) is 13.8. The van der Waals surface area contributed by atoms with Gasteiger partial charge in [-0.15, -0.1) is 0 Å². The number of allylic oxidation sites excluding steroid dienone is 2. The topological polar surface area (TPSA) is 118 Å². The highest BCUT2D eigenvalue weighted by atomic mass is 16.6. The second-order valence-corrected chi connectivity index (χ2v) is 16.6. The van der Waals surface area contributed by atoms with Gasteiger partial charge in [0.1, 0.15) is 23.9 Å². The van der Waals surface area contributed by atoms with Crippen LogP contribution in [0.1, 0.15) is 94.4 Å². The van der Waals surface area contributed by atoms with Crippen LogP contribution in [0.3, 0.4) is 0 Å². The van der Waals surface area contributed by atoms with Crippen molar-refractivity contribution in [3.63, 3.8) is 0 Å². The second-order valence-electron chi connectivity index (χ2n) is 16.6. The minimum absolute atomic E-state index is 0.0804. The molecule has 9 nitrogen and oxygen atoms in total. The van der Waals surface area contributed by atoms with Gasteiger partial charge in [-0.25, -0.2) is 14.4 Å². The molecule has 5 fully saturated rings. The highest BCUT2D eigenvalue weighted by Gasteiger charge is 2.88. The van der Waals surface area contributed by atoms with E-state index in [0.29, 0.717) is 24.0 Å². The van der Waals surface area contributed by atoms with Crippen molar-refractivity contribution in [1.82, 2.24) is 0 Å². The Morgan fingerprint density at radius 1 is 1.02 bits per heavy atom. The van der Waals surface area contributed by atoms with Gasteiger partial charge in [0.05, 0.1) is 5.60 Å². The molecule has 46 heavy (non-hydrogen) atoms. The molecular weight excluding hydrogens is 588 g/mol. The van der Waals surface area contributed by atoms with E-state index in [0.717, 1.165) is 19.3 Å². The van der Waals surface area contributed by atoms with Crippen LogP contribution in [0.2, 0.25) is 0 Å². The molecule has 250 valence electrons. The number of ether oxygens (including phenoxy) is 5. The van der Waals surface area contributed by atoms with Crippen LogP contribution < -0.4 is 0 Å². The SMILES string of the molecule is C/C=C(\C)C(=O)O[C@@H]1C[C@]23C[C@]2(CC[C@H]3C2=C[C@@H]([C@@H]3OC3(C)C)OC2=O)[C@@]2(C)[C@H]1[C@@]1(C)C=CC(=O)OC(C)(C)[C@@H]1C[C@H]2OC(C)=O. The fourth-order valence-electron chi connectivity index (χ4n) is 11.8. The van der Waals surface area contributed by atoms with Crippen molar-refractivity contribution in [2.45, 2.75) is 130 Å². The summed E-state index contributed by atoms with van der Waals surface area (Å²) in [5.74, 6) is -2.06. The molecule has 11 atom stereocenters. The summed E-state index contributed by atoms with van der Waals surface area (Å²) in [6.45, 7) is 17.2. The van der Waals surface area contributed by atoms with E-state index in [1.807, 2.05) is 46.8 Å². The van der Waals surface area contributed by atoms with Crippen molar-refractivity contribution in [3.8, 4) is 0 Å². The van der Waals surface area contributed by atoms with E-state index in [-0.39, 0.29) is 58.2 Å². The van der Waals surface area contributed by atoms with Crippen LogP contribution in [0.25, 0.3) is 0 Å². The Labute approximate surface area is 271 Å². The van der Waals surface area contributed by atoms with Gasteiger partial charge in [0.25, 0.3) is 0 Å². The van der Waals surface area contributed by atoms with Crippen molar-refractivity contribution < 1.29 is 42.9 Å². The minimum atomic E-state index is -0.872. The van der Waals surface area contributed by atoms with Crippen molar-refractivity contribution in [1.29, 1.82) is 0 Å². The van der Waals surface area contributed by atoms with Crippen LogP contribution >= 0.6 is 0 Å². The highest BCUT2D eigenvalue weighted by Crippen LogP contribution is 2.90. The van der Waals surface area contributed by atoms with Crippen LogP contribution in [0.4, 0.5) is 0 Å². The molecule has 4 aliphatic carbocycles. The lowest BCUT2D eigenvalue weighted by molar-refractivity contribution is -0.251. The lowest BCUT2D eigenvalue weighted by Gasteiger charge is -2.66. The summed E-state index contributed by atoms with van der Waals surface area (Å²) in [5, 5.41) is 0. The molecule has 4 saturated carbocycles. The summed E-state index contributed by atoms with van der Waals surface area (Å²) < 4.78 is 30.6. The fraction of sp³-hybridized carbons (Fsp3) is 0.730. The molecule has 0 bridgehead atoms. The molecule has 0 aromatic carbocycles. The lowest BCUT2D eigenvalue weighted by atomic mass is 9.40. The Hall–Kier alpha value is -2.94. The van der Waals surface area contributed by atoms with E-state index in [9.17, 15) is 19.2 Å². The van der Waals surface area contributed by atoms with Gasteiger partial charge in [-0.05, 0) is 102 Å². The number of hydrogen-bond donors (Lipinski definition) is 0. The van der Waals surface area contributed by atoms with Gasteiger partial charge < -0.3 is 23.7 Å². The maximum atomic E-state index is 13.6. The fourth-order valence-corrected chi connectivity index (χ4v) is 11.8. The first-order chi connectivity index (χ1) is 21.4. The quantitative estimate of drug-likeness (QED) is 0.166. The molecule has 0 N–H and O–H groups in total. The predicted octanol–water partition coefficient (Wildman–Crippen LogP) is 5.56. The summed E-state index contributed by atoms with van der Waals surface area (Å²) >= 11 is 0. The number of rotatable bonds is 5. The van der Waals surface area contributed by atoms with Crippen LogP contribution in [0, 0.1) is 39.4 Å². The maximum absolute atomic E-state index is 13.6. The molecule has 1 saturated heterocycles. The first-order valence-electron chi connectivity index (χ1n) is 16.9. The van der Waals surface area contributed by atoms with E-state index in [4.69, 9.17) is 23.7 Å². The molecule has 0 aromatic rings. The van der Waals surface area contributed by atoms with E-state index >= 15 is 0 Å². The molecule has 9 heteroatoms.